The first-order valence-corrected chi connectivity index (χ1v) is 38.7. The number of methoxy groups -OCH3 is 2. The van der Waals surface area contributed by atoms with Crippen molar-refractivity contribution >= 4 is 51.3 Å². The Morgan fingerprint density at radius 1 is 0.688 bits per heavy atom. The Kier molecular flexibility index (Phi) is 25.3. The molecule has 12 rings (SSSR count). The van der Waals surface area contributed by atoms with Gasteiger partial charge in [-0.15, -0.1) is 0 Å². The number of aryl methyl sites for hydroxylation is 2. The number of benzene rings is 6. The molecule has 3 N–H and O–H groups in total. The second-order valence-electron chi connectivity index (χ2n) is 27.0. The minimum Gasteiger partial charge on any atom is -0.497 e. The molecule has 0 bridgehead atoms. The van der Waals surface area contributed by atoms with Gasteiger partial charge in [-0.2, -0.15) is 10.2 Å². The van der Waals surface area contributed by atoms with E-state index in [9.17, 15) is 34.0 Å². The molecule has 31 heteroatoms. The largest absolute Gasteiger partial charge is 0.530 e. The second kappa shape index (κ2) is 34.8. The molecule has 0 spiro atoms. The van der Waals surface area contributed by atoms with Crippen LogP contribution in [0.2, 0.25) is 10.0 Å². The van der Waals surface area contributed by atoms with Crippen LogP contribution in [-0.2, 0) is 47.2 Å². The lowest BCUT2D eigenvalue weighted by molar-refractivity contribution is -0.0803. The van der Waals surface area contributed by atoms with Gasteiger partial charge in [0.1, 0.15) is 65.7 Å². The van der Waals surface area contributed by atoms with Crippen LogP contribution in [0.5, 0.6) is 17.2 Å². The summed E-state index contributed by atoms with van der Waals surface area (Å²) < 4.78 is 95.5. The van der Waals surface area contributed by atoms with E-state index in [1.54, 1.807) is 75.7 Å². The summed E-state index contributed by atoms with van der Waals surface area (Å²) >= 11 is 14.2. The van der Waals surface area contributed by atoms with Crippen molar-refractivity contribution in [1.29, 1.82) is 5.26 Å². The average Bonchev–Trinajstić information content (AvgIpc) is 1.74. The van der Waals surface area contributed by atoms with Gasteiger partial charge in [0.2, 0.25) is 0 Å². The van der Waals surface area contributed by atoms with Crippen molar-refractivity contribution in [2.24, 2.45) is 0 Å². The third kappa shape index (κ3) is 17.7. The smallest absolute Gasteiger partial charge is 0.497 e. The Bertz CT molecular complexity index is 5070. The zero-order chi connectivity index (χ0) is 77.4. The molecule has 27 nitrogen and oxygen atoms in total. The number of para-hydroxylation sites is 1. The molecule has 572 valence electrons. The molecule has 6 heterocycles. The molecule has 1 amide bonds. The lowest BCUT2D eigenvalue weighted by Gasteiger charge is -2.37. The van der Waals surface area contributed by atoms with E-state index in [2.05, 4.69) is 26.3 Å². The molecule has 9 aromatic rings. The number of H-pyrrole nitrogens is 2. The predicted octanol–water partition coefficient (Wildman–Crippen LogP) is 13.4. The zero-order valence-corrected chi connectivity index (χ0v) is 64.4. The highest BCUT2D eigenvalue weighted by molar-refractivity contribution is 7.49. The number of nitriles is 1. The maximum Gasteiger partial charge on any atom is 0.530 e. The van der Waals surface area contributed by atoms with E-state index >= 15 is 4.57 Å². The van der Waals surface area contributed by atoms with Gasteiger partial charge >= 0.3 is 24.9 Å². The van der Waals surface area contributed by atoms with Gasteiger partial charge < -0.3 is 47.3 Å². The number of nitrogens with one attached hydrogen (secondary N) is 3. The van der Waals surface area contributed by atoms with Crippen LogP contribution < -0.4 is 47.5 Å². The number of amides is 1. The number of rotatable bonds is 30. The number of aromatic nitrogens is 6. The fourth-order valence-corrected chi connectivity index (χ4v) is 17.5. The number of hydrogen-bond acceptors (Lipinski definition) is 21. The predicted molar refractivity (Wildman–Crippen MR) is 407 cm³/mol. The summed E-state index contributed by atoms with van der Waals surface area (Å²) in [4.78, 5) is 90.8. The molecule has 3 saturated heterocycles. The summed E-state index contributed by atoms with van der Waals surface area (Å²) in [5.74, 6) is -0.260. The van der Waals surface area contributed by atoms with Crippen LogP contribution >= 0.6 is 39.6 Å². The molecular formula is C78H83Cl2N9O18P2. The SMILES string of the molecule is COc1ccc(C(OC[C@@H]2O[C@@H](n3ccc(NC(=O)c4ccccc4)nc3=O)C[C@H]2c2ccc(Cl)c(C)c2[C@H]2O[C@@H](n3cc(C)c(=O)[nH]c3=O)C[C@@H]2OP(=O)(OC[C@H]2O[C@@H](n3cc(C)c(=O)[nH]c3=O)C[C@@H]2OP(OCCC#N)N(C(C)C)C(C)C)Oc2ccccc2Cl)(c2ccccc2)c2ccc(OC)cc2)cc1. The monoisotopic (exact) mass is 1570 g/mol. The van der Waals surface area contributed by atoms with E-state index in [-0.39, 0.29) is 83.7 Å². The summed E-state index contributed by atoms with van der Waals surface area (Å²) in [6, 6.07) is 46.1. The van der Waals surface area contributed by atoms with Crippen molar-refractivity contribution in [2.45, 2.75) is 147 Å². The first-order valence-electron chi connectivity index (χ1n) is 35.3. The van der Waals surface area contributed by atoms with Crippen LogP contribution in [0.25, 0.3) is 0 Å². The van der Waals surface area contributed by atoms with Gasteiger partial charge in [0, 0.05) is 77.6 Å². The molecule has 11 atom stereocenters. The van der Waals surface area contributed by atoms with E-state index in [4.69, 9.17) is 74.2 Å². The van der Waals surface area contributed by atoms with Crippen LogP contribution in [0, 0.1) is 32.1 Å². The number of phosphoric acid groups is 1. The molecule has 0 saturated carbocycles. The highest BCUT2D eigenvalue weighted by Gasteiger charge is 2.51. The van der Waals surface area contributed by atoms with Gasteiger partial charge in [-0.1, -0.05) is 114 Å². The molecule has 3 fully saturated rings. The number of hydrogen-bond donors (Lipinski definition) is 3. The number of ether oxygens (including phenoxy) is 6. The molecule has 3 aliphatic heterocycles. The third-order valence-electron chi connectivity index (χ3n) is 19.2. The van der Waals surface area contributed by atoms with E-state index in [1.807, 2.05) is 111 Å². The number of halogens is 2. The lowest BCUT2D eigenvalue weighted by Crippen LogP contribution is -2.37. The number of carbonyl (C=O) groups excluding carboxylic acids is 1. The van der Waals surface area contributed by atoms with Crippen LogP contribution in [-0.4, -0.2) is 110 Å². The molecule has 3 aromatic heterocycles. The van der Waals surface area contributed by atoms with Crippen molar-refractivity contribution in [3.63, 3.8) is 0 Å². The van der Waals surface area contributed by atoms with Crippen molar-refractivity contribution < 1.29 is 60.4 Å². The third-order valence-corrected chi connectivity index (χ3v) is 23.5. The summed E-state index contributed by atoms with van der Waals surface area (Å²) in [6.45, 7) is 11.8. The van der Waals surface area contributed by atoms with Crippen molar-refractivity contribution in [3.05, 3.63) is 283 Å². The Balaban J connectivity index is 0.981. The van der Waals surface area contributed by atoms with Gasteiger partial charge in [0.05, 0.1) is 63.8 Å². The fraction of sp³-hybridized carbons (Fsp3) is 0.359. The number of nitrogens with zero attached hydrogens (tertiary/aromatic N) is 6. The number of anilines is 1. The standard InChI is InChI=1S/C78H83Cl2N9O18P2/c1-46(2)89(47(3)4)108(100-38-18-36-81)105-62-40-68(87-42-48(5)72(90)84-76(87)94)103-65(62)45-101-109(96,106-61-24-17-16-23-60(61)80)107-63-41-69(88-43-49(6)73(91)85-77(88)95)104-71(63)70-50(7)59(79)34-33-57(70)58-39-67(86-37-35-66(83-75(86)93)82-74(92)51-19-12-10-13-20-51)102-64(58)44-99-78(52-21-14-11-15-22-52,53-25-29-55(97-8)30-26-53)54-27-31-56(98-9)32-28-54/h10-17,19-35,37,42-43,46-47,58,62-65,67-69,71H,18,38-41,44-45H2,1-9H3,(H,84,90,94)(H,85,91,95)(H,82,83,92,93)/t58-,62-,63-,64-,65+,67+,68+,69+,71-,108?,109?/m0/s1. The Hall–Kier alpha value is -9.20. The Morgan fingerprint density at radius 3 is 1.83 bits per heavy atom. The Labute approximate surface area is 639 Å². The highest BCUT2D eigenvalue weighted by Crippen LogP contribution is 2.59. The average molecular weight is 1570 g/mol. The van der Waals surface area contributed by atoms with Crippen molar-refractivity contribution in [1.82, 2.24) is 33.3 Å². The van der Waals surface area contributed by atoms with E-state index < -0.39 is 118 Å². The molecule has 2 unspecified atom stereocenters. The topological polar surface area (TPSA) is 319 Å². The van der Waals surface area contributed by atoms with Crippen LogP contribution in [0.3, 0.4) is 0 Å². The first kappa shape index (κ1) is 79.4. The van der Waals surface area contributed by atoms with E-state index in [0.717, 1.165) is 5.56 Å². The molecule has 6 aromatic carbocycles. The second-order valence-corrected chi connectivity index (χ2v) is 30.7. The molecule has 109 heavy (non-hydrogen) atoms. The van der Waals surface area contributed by atoms with Crippen LogP contribution in [0.15, 0.2) is 194 Å². The number of phosphoric ester groups is 1. The minimum atomic E-state index is -5.22. The van der Waals surface area contributed by atoms with Crippen molar-refractivity contribution in [3.8, 4) is 23.3 Å². The Morgan fingerprint density at radius 2 is 1.25 bits per heavy atom. The minimum absolute atomic E-state index is 0.00388. The molecule has 3 aliphatic rings. The van der Waals surface area contributed by atoms with E-state index in [0.29, 0.717) is 44.9 Å². The molecule has 0 radical (unpaired) electrons. The first-order chi connectivity index (χ1) is 52.4. The summed E-state index contributed by atoms with van der Waals surface area (Å²) in [5.41, 5.74) is -0.901. The van der Waals surface area contributed by atoms with Gasteiger partial charge in [-0.3, -0.25) is 47.1 Å². The molecular weight excluding hydrogens is 1480 g/mol. The van der Waals surface area contributed by atoms with E-state index in [1.165, 1.54) is 64.3 Å². The van der Waals surface area contributed by atoms with Gasteiger partial charge in [0.25, 0.3) is 25.6 Å². The van der Waals surface area contributed by atoms with Crippen LogP contribution in [0.4, 0.5) is 5.82 Å². The zero-order valence-electron chi connectivity index (χ0n) is 61.1. The molecule has 0 aliphatic carbocycles. The summed E-state index contributed by atoms with van der Waals surface area (Å²) in [5, 5.41) is 12.6. The number of carbonyl (C=O) groups is 1. The fourth-order valence-electron chi connectivity index (χ4n) is 13.9. The maximum absolute atomic E-state index is 16.6. The van der Waals surface area contributed by atoms with Gasteiger partial charge in [-0.05, 0) is 143 Å². The summed E-state index contributed by atoms with van der Waals surface area (Å²) in [6.07, 6.45) is -5.65. The lowest BCUT2D eigenvalue weighted by atomic mass is 9.79. The normalized spacial score (nSPS) is 20.8. The van der Waals surface area contributed by atoms with Crippen LogP contribution in [0.1, 0.15) is 139 Å². The maximum atomic E-state index is 16.6. The summed E-state index contributed by atoms with van der Waals surface area (Å²) in [7, 11) is -4.06. The van der Waals surface area contributed by atoms with Gasteiger partial charge in [0.15, 0.2) is 0 Å². The van der Waals surface area contributed by atoms with Crippen molar-refractivity contribution in [2.75, 3.05) is 39.4 Å². The number of aromatic amines is 2. The van der Waals surface area contributed by atoms with Gasteiger partial charge in [-0.25, -0.2) is 23.6 Å². The quantitative estimate of drug-likeness (QED) is 0.0214. The highest BCUT2D eigenvalue weighted by atomic mass is 35.5.